The minimum Gasteiger partial charge on any atom is -0.341 e. The molecule has 2 N–H and O–H groups in total. The first-order valence-corrected chi connectivity index (χ1v) is 6.68. The first-order chi connectivity index (χ1) is 8.58. The molecule has 1 atom stereocenters. The van der Waals surface area contributed by atoms with Gasteiger partial charge in [0.2, 0.25) is 5.91 Å². The van der Waals surface area contributed by atoms with E-state index < -0.39 is 0 Å². The number of likely N-dealkylation sites (tertiary alicyclic amines) is 1. The van der Waals surface area contributed by atoms with Crippen molar-refractivity contribution in [2.45, 2.75) is 39.2 Å². The van der Waals surface area contributed by atoms with Gasteiger partial charge in [0.15, 0.2) is 0 Å². The highest BCUT2D eigenvalue weighted by molar-refractivity contribution is 5.76. The van der Waals surface area contributed by atoms with E-state index in [1.165, 1.54) is 11.1 Å². The molecule has 1 aromatic carbocycles. The lowest BCUT2D eigenvalue weighted by Crippen LogP contribution is -2.40. The van der Waals surface area contributed by atoms with Crippen LogP contribution in [0.5, 0.6) is 0 Å². The maximum absolute atomic E-state index is 11.8. The SMILES string of the molecule is Cc1ccc(C)c(C(N)CN2CCCCC2=O)c1. The molecule has 18 heavy (non-hydrogen) atoms. The van der Waals surface area contributed by atoms with Crippen LogP contribution in [0.3, 0.4) is 0 Å². The zero-order valence-corrected chi connectivity index (χ0v) is 11.3. The van der Waals surface area contributed by atoms with Gasteiger partial charge in [-0.15, -0.1) is 0 Å². The van der Waals surface area contributed by atoms with Crippen LogP contribution in [0, 0.1) is 13.8 Å². The molecular formula is C15H22N2O. The highest BCUT2D eigenvalue weighted by atomic mass is 16.2. The molecule has 1 aliphatic rings. The maximum atomic E-state index is 11.8. The summed E-state index contributed by atoms with van der Waals surface area (Å²) in [6, 6.07) is 6.25. The number of carbonyl (C=O) groups is 1. The number of nitrogens with two attached hydrogens (primary N) is 1. The zero-order chi connectivity index (χ0) is 13.1. The lowest BCUT2D eigenvalue weighted by Gasteiger charge is -2.30. The highest BCUT2D eigenvalue weighted by Crippen LogP contribution is 2.20. The second-order valence-corrected chi connectivity index (χ2v) is 5.26. The van der Waals surface area contributed by atoms with Crippen molar-refractivity contribution in [1.82, 2.24) is 4.90 Å². The molecule has 1 aromatic rings. The first kappa shape index (κ1) is 13.1. The molecule has 1 unspecified atom stereocenters. The van der Waals surface area contributed by atoms with E-state index in [4.69, 9.17) is 5.73 Å². The molecular weight excluding hydrogens is 224 g/mol. The normalized spacial score (nSPS) is 17.9. The summed E-state index contributed by atoms with van der Waals surface area (Å²) >= 11 is 0. The lowest BCUT2D eigenvalue weighted by atomic mass is 9.98. The lowest BCUT2D eigenvalue weighted by molar-refractivity contribution is -0.133. The van der Waals surface area contributed by atoms with Crippen LogP contribution in [-0.2, 0) is 4.79 Å². The Morgan fingerprint density at radius 3 is 2.83 bits per heavy atom. The van der Waals surface area contributed by atoms with Crippen LogP contribution in [0.4, 0.5) is 0 Å². The number of aryl methyl sites for hydroxylation is 2. The van der Waals surface area contributed by atoms with Crippen molar-refractivity contribution >= 4 is 5.91 Å². The summed E-state index contributed by atoms with van der Waals surface area (Å²) in [5.41, 5.74) is 9.85. The number of hydrogen-bond donors (Lipinski definition) is 1. The second kappa shape index (κ2) is 5.53. The number of piperidine rings is 1. The zero-order valence-electron chi connectivity index (χ0n) is 11.3. The van der Waals surface area contributed by atoms with Crippen molar-refractivity contribution in [2.75, 3.05) is 13.1 Å². The van der Waals surface area contributed by atoms with Gasteiger partial charge in [-0.2, -0.15) is 0 Å². The molecule has 3 heteroatoms. The summed E-state index contributed by atoms with van der Waals surface area (Å²) in [4.78, 5) is 13.7. The monoisotopic (exact) mass is 246 g/mol. The first-order valence-electron chi connectivity index (χ1n) is 6.68. The number of rotatable bonds is 3. The van der Waals surface area contributed by atoms with E-state index in [0.29, 0.717) is 13.0 Å². The van der Waals surface area contributed by atoms with E-state index in [0.717, 1.165) is 24.9 Å². The van der Waals surface area contributed by atoms with Crippen LogP contribution < -0.4 is 5.73 Å². The highest BCUT2D eigenvalue weighted by Gasteiger charge is 2.21. The second-order valence-electron chi connectivity index (χ2n) is 5.26. The van der Waals surface area contributed by atoms with E-state index in [1.807, 2.05) is 4.90 Å². The smallest absolute Gasteiger partial charge is 0.222 e. The summed E-state index contributed by atoms with van der Waals surface area (Å²) < 4.78 is 0. The Kier molecular flexibility index (Phi) is 4.02. The Bertz CT molecular complexity index is 442. The van der Waals surface area contributed by atoms with Gasteiger partial charge in [0.1, 0.15) is 0 Å². The van der Waals surface area contributed by atoms with Crippen molar-refractivity contribution in [3.8, 4) is 0 Å². The fourth-order valence-corrected chi connectivity index (χ4v) is 2.55. The Hall–Kier alpha value is -1.35. The fraction of sp³-hybridized carbons (Fsp3) is 0.533. The summed E-state index contributed by atoms with van der Waals surface area (Å²) in [6.07, 6.45) is 2.80. The van der Waals surface area contributed by atoms with Gasteiger partial charge in [-0.3, -0.25) is 4.79 Å². The van der Waals surface area contributed by atoms with E-state index in [2.05, 4.69) is 32.0 Å². The third kappa shape index (κ3) is 2.91. The molecule has 0 radical (unpaired) electrons. The Labute approximate surface area is 109 Å². The quantitative estimate of drug-likeness (QED) is 0.889. The van der Waals surface area contributed by atoms with Gasteiger partial charge in [-0.25, -0.2) is 0 Å². The van der Waals surface area contributed by atoms with E-state index in [-0.39, 0.29) is 11.9 Å². The van der Waals surface area contributed by atoms with Crippen LogP contribution in [0.1, 0.15) is 42.0 Å². The van der Waals surface area contributed by atoms with Crippen molar-refractivity contribution in [3.05, 3.63) is 34.9 Å². The molecule has 0 saturated carbocycles. The van der Waals surface area contributed by atoms with Gasteiger partial charge in [-0.1, -0.05) is 23.8 Å². The molecule has 0 spiro atoms. The molecule has 1 saturated heterocycles. The van der Waals surface area contributed by atoms with Crippen LogP contribution in [-0.4, -0.2) is 23.9 Å². The topological polar surface area (TPSA) is 46.3 Å². The molecule has 1 fully saturated rings. The Morgan fingerprint density at radius 1 is 1.33 bits per heavy atom. The summed E-state index contributed by atoms with van der Waals surface area (Å²) in [5.74, 6) is 0.252. The average Bonchev–Trinajstić information content (AvgIpc) is 2.35. The maximum Gasteiger partial charge on any atom is 0.222 e. The molecule has 3 nitrogen and oxygen atoms in total. The standard InChI is InChI=1S/C15H22N2O/c1-11-6-7-12(2)13(9-11)14(16)10-17-8-4-3-5-15(17)18/h6-7,9,14H,3-5,8,10,16H2,1-2H3. The number of hydrogen-bond acceptors (Lipinski definition) is 2. The predicted molar refractivity (Wildman–Crippen MR) is 73.3 cm³/mol. The predicted octanol–water partition coefficient (Wildman–Crippen LogP) is 2.32. The van der Waals surface area contributed by atoms with E-state index >= 15 is 0 Å². The van der Waals surface area contributed by atoms with Crippen molar-refractivity contribution in [1.29, 1.82) is 0 Å². The number of amides is 1. The molecule has 1 amide bonds. The number of nitrogens with zero attached hydrogens (tertiary/aromatic N) is 1. The molecule has 98 valence electrons. The van der Waals surface area contributed by atoms with Crippen molar-refractivity contribution < 1.29 is 4.79 Å². The molecule has 1 heterocycles. The van der Waals surface area contributed by atoms with E-state index in [1.54, 1.807) is 0 Å². The van der Waals surface area contributed by atoms with Crippen LogP contribution in [0.2, 0.25) is 0 Å². The van der Waals surface area contributed by atoms with Gasteiger partial charge >= 0.3 is 0 Å². The minimum absolute atomic E-state index is 0.0769. The molecule has 2 rings (SSSR count). The third-order valence-corrected chi connectivity index (χ3v) is 3.67. The van der Waals surface area contributed by atoms with Crippen molar-refractivity contribution in [2.24, 2.45) is 5.73 Å². The average molecular weight is 246 g/mol. The van der Waals surface area contributed by atoms with Crippen LogP contribution >= 0.6 is 0 Å². The van der Waals surface area contributed by atoms with Gasteiger partial charge in [-0.05, 0) is 37.8 Å². The number of benzene rings is 1. The summed E-state index contributed by atoms with van der Waals surface area (Å²) in [6.45, 7) is 5.65. The van der Waals surface area contributed by atoms with Crippen LogP contribution in [0.15, 0.2) is 18.2 Å². The molecule has 0 aliphatic carbocycles. The number of carbonyl (C=O) groups excluding carboxylic acids is 1. The summed E-state index contributed by atoms with van der Waals surface area (Å²) in [7, 11) is 0. The Morgan fingerprint density at radius 2 is 2.11 bits per heavy atom. The van der Waals surface area contributed by atoms with E-state index in [9.17, 15) is 4.79 Å². The largest absolute Gasteiger partial charge is 0.341 e. The fourth-order valence-electron chi connectivity index (χ4n) is 2.55. The molecule has 0 bridgehead atoms. The molecule has 1 aliphatic heterocycles. The molecule has 0 aromatic heterocycles. The third-order valence-electron chi connectivity index (χ3n) is 3.67. The van der Waals surface area contributed by atoms with Crippen LogP contribution in [0.25, 0.3) is 0 Å². The van der Waals surface area contributed by atoms with Gasteiger partial charge in [0.25, 0.3) is 0 Å². The summed E-state index contributed by atoms with van der Waals surface area (Å²) in [5, 5.41) is 0. The minimum atomic E-state index is -0.0769. The van der Waals surface area contributed by atoms with Gasteiger partial charge < -0.3 is 10.6 Å². The van der Waals surface area contributed by atoms with Gasteiger partial charge in [0.05, 0.1) is 0 Å². The van der Waals surface area contributed by atoms with Crippen molar-refractivity contribution in [3.63, 3.8) is 0 Å². The Balaban J connectivity index is 2.08. The van der Waals surface area contributed by atoms with Gasteiger partial charge in [0, 0.05) is 25.6 Å².